The van der Waals surface area contributed by atoms with Crippen molar-refractivity contribution in [2.45, 2.75) is 33.3 Å². The first-order valence-corrected chi connectivity index (χ1v) is 13.7. The number of rotatable bonds is 12. The predicted molar refractivity (Wildman–Crippen MR) is 164 cm³/mol. The first kappa shape index (κ1) is 32.6. The maximum atomic E-state index is 13.5. The molecule has 0 saturated carbocycles. The lowest BCUT2D eigenvalue weighted by atomic mass is 9.88. The van der Waals surface area contributed by atoms with Gasteiger partial charge in [-0.3, -0.25) is 14.4 Å². The molecule has 0 fully saturated rings. The number of hydrogen-bond acceptors (Lipinski definition) is 6. The monoisotopic (exact) mass is 590 g/mol. The van der Waals surface area contributed by atoms with Crippen molar-refractivity contribution in [1.82, 2.24) is 5.32 Å². The first-order chi connectivity index (χ1) is 20.3. The van der Waals surface area contributed by atoms with Gasteiger partial charge < -0.3 is 35.4 Å². The summed E-state index contributed by atoms with van der Waals surface area (Å²) in [6, 6.07) is 21.5. The Bertz CT molecular complexity index is 1420. The molecule has 11 nitrogen and oxygen atoms in total. The lowest BCUT2D eigenvalue weighted by Crippen LogP contribution is -2.47. The number of carboxylic acid groups (broad SMARTS) is 1. The molecule has 1 atom stereocenters. The fourth-order valence-electron chi connectivity index (χ4n) is 3.98. The SMILES string of the molecule is CN(C(=O)COc1ccccc1N(CC(O)C(C)(C)C)C(=O)CNC(=O)Nc1cccc(CC(=O)O)c1)c1ccccc1. The molecule has 0 aromatic heterocycles. The van der Waals surface area contributed by atoms with Gasteiger partial charge in [-0.15, -0.1) is 0 Å². The van der Waals surface area contributed by atoms with Crippen molar-refractivity contribution in [1.29, 1.82) is 0 Å². The minimum Gasteiger partial charge on any atom is -0.482 e. The number of nitrogens with zero attached hydrogens (tertiary/aromatic N) is 2. The normalized spacial score (nSPS) is 11.7. The highest BCUT2D eigenvalue weighted by molar-refractivity contribution is 6.00. The summed E-state index contributed by atoms with van der Waals surface area (Å²) in [5, 5.41) is 25.0. The molecule has 0 spiro atoms. The van der Waals surface area contributed by atoms with Crippen LogP contribution in [-0.4, -0.2) is 66.9 Å². The first-order valence-electron chi connectivity index (χ1n) is 13.7. The second-order valence-corrected chi connectivity index (χ2v) is 11.0. The lowest BCUT2D eigenvalue weighted by molar-refractivity contribution is -0.136. The van der Waals surface area contributed by atoms with Gasteiger partial charge in [0, 0.05) is 18.4 Å². The van der Waals surface area contributed by atoms with Gasteiger partial charge in [0.15, 0.2) is 6.61 Å². The number of amides is 4. The molecule has 0 bridgehead atoms. The average Bonchev–Trinajstić information content (AvgIpc) is 2.97. The van der Waals surface area contributed by atoms with Gasteiger partial charge in [0.05, 0.1) is 31.3 Å². The van der Waals surface area contributed by atoms with E-state index in [1.807, 2.05) is 39.0 Å². The Morgan fingerprint density at radius 3 is 2.26 bits per heavy atom. The van der Waals surface area contributed by atoms with Gasteiger partial charge in [0.1, 0.15) is 5.75 Å². The number of carbonyl (C=O) groups is 4. The molecule has 4 N–H and O–H groups in total. The maximum absolute atomic E-state index is 13.5. The summed E-state index contributed by atoms with van der Waals surface area (Å²) in [6.45, 7) is 4.71. The van der Waals surface area contributed by atoms with Crippen molar-refractivity contribution in [2.24, 2.45) is 5.41 Å². The molecule has 11 heteroatoms. The van der Waals surface area contributed by atoms with Crippen LogP contribution in [0.2, 0.25) is 0 Å². The van der Waals surface area contributed by atoms with Crippen molar-refractivity contribution >= 4 is 40.9 Å². The fourth-order valence-corrected chi connectivity index (χ4v) is 3.98. The number of urea groups is 1. The van der Waals surface area contributed by atoms with E-state index in [2.05, 4.69) is 10.6 Å². The number of hydrogen-bond donors (Lipinski definition) is 4. The van der Waals surface area contributed by atoms with Crippen LogP contribution in [0.4, 0.5) is 21.9 Å². The zero-order chi connectivity index (χ0) is 31.6. The van der Waals surface area contributed by atoms with Gasteiger partial charge >= 0.3 is 12.0 Å². The van der Waals surface area contributed by atoms with Crippen LogP contribution in [0.1, 0.15) is 26.3 Å². The van der Waals surface area contributed by atoms with Gasteiger partial charge in [0.2, 0.25) is 5.91 Å². The van der Waals surface area contributed by atoms with Crippen LogP contribution in [0, 0.1) is 5.41 Å². The van der Waals surface area contributed by atoms with E-state index in [9.17, 15) is 24.3 Å². The predicted octanol–water partition coefficient (Wildman–Crippen LogP) is 3.92. The minimum atomic E-state index is -0.999. The second-order valence-electron chi connectivity index (χ2n) is 11.0. The van der Waals surface area contributed by atoms with Crippen LogP contribution in [0.25, 0.3) is 0 Å². The Balaban J connectivity index is 1.74. The van der Waals surface area contributed by atoms with Gasteiger partial charge in [-0.2, -0.15) is 0 Å². The minimum absolute atomic E-state index is 0.0961. The number of aliphatic carboxylic acids is 1. The number of aliphatic hydroxyl groups excluding tert-OH is 1. The van der Waals surface area contributed by atoms with Crippen molar-refractivity contribution in [3.05, 3.63) is 84.4 Å². The Labute approximate surface area is 251 Å². The van der Waals surface area contributed by atoms with E-state index in [1.54, 1.807) is 61.6 Å². The molecule has 3 aromatic rings. The van der Waals surface area contributed by atoms with Crippen molar-refractivity contribution in [3.63, 3.8) is 0 Å². The summed E-state index contributed by atoms with van der Waals surface area (Å²) in [5.41, 5.74) is 1.34. The number of aliphatic hydroxyl groups is 1. The molecular weight excluding hydrogens is 552 g/mol. The molecule has 0 aliphatic carbocycles. The number of para-hydroxylation sites is 3. The zero-order valence-corrected chi connectivity index (χ0v) is 24.7. The molecule has 0 saturated heterocycles. The summed E-state index contributed by atoms with van der Waals surface area (Å²) < 4.78 is 5.87. The Kier molecular flexibility index (Phi) is 11.2. The molecule has 0 aliphatic rings. The smallest absolute Gasteiger partial charge is 0.319 e. The standard InChI is InChI=1S/C32H38N4O7/c1-32(2,3)27(37)20-36(28(38)19-33-31(42)34-23-12-10-11-22(17-23)18-30(40)41)25-15-8-9-16-26(25)43-21-29(39)35(4)24-13-6-5-7-14-24/h5-17,27,37H,18-21H2,1-4H3,(H,40,41)(H2,33,34,42). The van der Waals surface area contributed by atoms with Crippen molar-refractivity contribution in [3.8, 4) is 5.75 Å². The molecule has 4 amide bonds. The summed E-state index contributed by atoms with van der Waals surface area (Å²) >= 11 is 0. The topological polar surface area (TPSA) is 149 Å². The number of anilines is 3. The molecule has 228 valence electrons. The van der Waals surface area contributed by atoms with E-state index in [-0.39, 0.29) is 31.2 Å². The molecule has 1 unspecified atom stereocenters. The fraction of sp³-hybridized carbons (Fsp3) is 0.312. The van der Waals surface area contributed by atoms with Gasteiger partial charge in [0.25, 0.3) is 5.91 Å². The van der Waals surface area contributed by atoms with Crippen molar-refractivity contribution in [2.75, 3.05) is 41.9 Å². The van der Waals surface area contributed by atoms with E-state index in [4.69, 9.17) is 9.84 Å². The number of carboxylic acids is 1. The average molecular weight is 591 g/mol. The second kappa shape index (κ2) is 14.8. The Morgan fingerprint density at radius 2 is 1.58 bits per heavy atom. The Hall–Kier alpha value is -4.90. The third kappa shape index (κ3) is 9.86. The van der Waals surface area contributed by atoms with E-state index in [1.165, 1.54) is 15.9 Å². The highest BCUT2D eigenvalue weighted by atomic mass is 16.5. The van der Waals surface area contributed by atoms with E-state index >= 15 is 0 Å². The maximum Gasteiger partial charge on any atom is 0.319 e. The van der Waals surface area contributed by atoms with E-state index < -0.39 is 36.0 Å². The number of benzene rings is 3. The molecule has 0 radical (unpaired) electrons. The van der Waals surface area contributed by atoms with Gasteiger partial charge in [-0.25, -0.2) is 4.79 Å². The number of nitrogens with one attached hydrogen (secondary N) is 2. The quantitative estimate of drug-likeness (QED) is 0.250. The van der Waals surface area contributed by atoms with Gasteiger partial charge in [-0.1, -0.05) is 63.2 Å². The van der Waals surface area contributed by atoms with Crippen LogP contribution in [-0.2, 0) is 20.8 Å². The lowest BCUT2D eigenvalue weighted by Gasteiger charge is -2.33. The van der Waals surface area contributed by atoms with Crippen LogP contribution < -0.4 is 25.2 Å². The number of ether oxygens (including phenoxy) is 1. The van der Waals surface area contributed by atoms with Crippen LogP contribution in [0.5, 0.6) is 5.75 Å². The summed E-state index contributed by atoms with van der Waals surface area (Å²) in [6.07, 6.45) is -1.13. The molecule has 0 aliphatic heterocycles. The summed E-state index contributed by atoms with van der Waals surface area (Å²) in [5.74, 6) is -1.57. The third-order valence-corrected chi connectivity index (χ3v) is 6.62. The molecule has 0 heterocycles. The van der Waals surface area contributed by atoms with E-state index in [0.29, 0.717) is 22.6 Å². The largest absolute Gasteiger partial charge is 0.482 e. The molecule has 3 rings (SSSR count). The number of likely N-dealkylation sites (N-methyl/N-ethyl adjacent to an activating group) is 1. The molecule has 3 aromatic carbocycles. The van der Waals surface area contributed by atoms with Crippen LogP contribution in [0.15, 0.2) is 78.9 Å². The van der Waals surface area contributed by atoms with Gasteiger partial charge in [-0.05, 0) is 47.4 Å². The van der Waals surface area contributed by atoms with Crippen LogP contribution >= 0.6 is 0 Å². The molecular formula is C32H38N4O7. The summed E-state index contributed by atoms with van der Waals surface area (Å²) in [7, 11) is 1.64. The van der Waals surface area contributed by atoms with Crippen LogP contribution in [0.3, 0.4) is 0 Å². The third-order valence-electron chi connectivity index (χ3n) is 6.62. The Morgan fingerprint density at radius 1 is 0.907 bits per heavy atom. The highest BCUT2D eigenvalue weighted by Crippen LogP contribution is 2.30. The van der Waals surface area contributed by atoms with Crippen molar-refractivity contribution < 1.29 is 34.1 Å². The highest BCUT2D eigenvalue weighted by Gasteiger charge is 2.29. The zero-order valence-electron chi connectivity index (χ0n) is 24.7. The summed E-state index contributed by atoms with van der Waals surface area (Å²) in [4.78, 5) is 52.7. The number of carbonyl (C=O) groups excluding carboxylic acids is 3. The van der Waals surface area contributed by atoms with E-state index in [0.717, 1.165) is 0 Å². The molecule has 43 heavy (non-hydrogen) atoms.